The summed E-state index contributed by atoms with van der Waals surface area (Å²) in [7, 11) is 0. The van der Waals surface area contributed by atoms with Crippen LogP contribution in [0, 0.1) is 10.6 Å². The molecule has 0 aliphatic heterocycles. The molecule has 1 aromatic rings. The Labute approximate surface area is 66.3 Å². The molecule has 3 nitrogen and oxygen atoms in total. The molecule has 0 aromatic carbocycles. The van der Waals surface area contributed by atoms with Gasteiger partial charge in [0.25, 0.3) is 0 Å². The van der Waals surface area contributed by atoms with E-state index in [4.69, 9.17) is 5.11 Å². The van der Waals surface area contributed by atoms with Crippen LogP contribution < -0.4 is 0 Å². The highest BCUT2D eigenvalue weighted by atomic mass is 127. The first-order valence-corrected chi connectivity index (χ1v) is 3.45. The van der Waals surface area contributed by atoms with Crippen molar-refractivity contribution in [3.63, 3.8) is 0 Å². The molecule has 1 N–H and O–H groups in total. The van der Waals surface area contributed by atoms with E-state index in [9.17, 15) is 0 Å². The first-order valence-electron chi connectivity index (χ1n) is 2.38. The van der Waals surface area contributed by atoms with Gasteiger partial charge in [0.1, 0.15) is 10.0 Å². The van der Waals surface area contributed by atoms with Crippen LogP contribution in [0.25, 0.3) is 0 Å². The van der Waals surface area contributed by atoms with E-state index in [2.05, 4.69) is 9.97 Å². The lowest BCUT2D eigenvalue weighted by Crippen LogP contribution is -1.87. The molecule has 0 aliphatic carbocycles. The number of hydrogen-bond donors (Lipinski definition) is 1. The van der Waals surface area contributed by atoms with E-state index in [1.807, 2.05) is 22.6 Å². The second kappa shape index (κ2) is 2.47. The minimum Gasteiger partial charge on any atom is -0.504 e. The fourth-order valence-corrected chi connectivity index (χ4v) is 0.953. The van der Waals surface area contributed by atoms with Crippen molar-refractivity contribution in [1.29, 1.82) is 0 Å². The maximum Gasteiger partial charge on any atom is 0.169 e. The minimum atomic E-state index is 0.179. The lowest BCUT2D eigenvalue weighted by molar-refractivity contribution is 0.459. The Morgan fingerprint density at radius 3 is 2.67 bits per heavy atom. The molecule has 1 rings (SSSR count). The summed E-state index contributed by atoms with van der Waals surface area (Å²) in [6.45, 7) is 1.74. The van der Waals surface area contributed by atoms with E-state index in [0.29, 0.717) is 9.39 Å². The lowest BCUT2D eigenvalue weighted by atomic mass is 10.4. The quantitative estimate of drug-likeness (QED) is 0.541. The third-order valence-electron chi connectivity index (χ3n) is 0.961. The van der Waals surface area contributed by atoms with Crippen LogP contribution in [0.15, 0.2) is 6.33 Å². The molecule has 48 valence electrons. The molecule has 1 aromatic heterocycles. The van der Waals surface area contributed by atoms with Crippen LogP contribution in [-0.4, -0.2) is 15.1 Å². The molecule has 1 heterocycles. The van der Waals surface area contributed by atoms with Crippen LogP contribution in [-0.2, 0) is 0 Å². The number of hydrogen-bond acceptors (Lipinski definition) is 3. The van der Waals surface area contributed by atoms with Crippen LogP contribution in [0.2, 0.25) is 0 Å². The SMILES string of the molecule is Cc1ncnc(I)c1O. The molecule has 0 saturated carbocycles. The first kappa shape index (κ1) is 6.73. The van der Waals surface area contributed by atoms with Crippen molar-refractivity contribution in [3.8, 4) is 5.75 Å². The van der Waals surface area contributed by atoms with Crippen LogP contribution in [0.5, 0.6) is 5.75 Å². The molecular weight excluding hydrogens is 231 g/mol. The Kier molecular flexibility index (Phi) is 1.84. The minimum absolute atomic E-state index is 0.179. The van der Waals surface area contributed by atoms with Crippen molar-refractivity contribution in [3.05, 3.63) is 15.7 Å². The Morgan fingerprint density at radius 2 is 2.22 bits per heavy atom. The summed E-state index contributed by atoms with van der Waals surface area (Å²) < 4.78 is 0.597. The van der Waals surface area contributed by atoms with Gasteiger partial charge in [-0.15, -0.1) is 0 Å². The van der Waals surface area contributed by atoms with Crippen molar-refractivity contribution >= 4 is 22.6 Å². The van der Waals surface area contributed by atoms with Crippen LogP contribution in [0.1, 0.15) is 5.69 Å². The molecule has 0 saturated heterocycles. The summed E-state index contributed by atoms with van der Waals surface area (Å²) in [5.74, 6) is 0.179. The fraction of sp³-hybridized carbons (Fsp3) is 0.200. The molecule has 9 heavy (non-hydrogen) atoms. The number of rotatable bonds is 0. The summed E-state index contributed by atoms with van der Waals surface area (Å²) in [5, 5.41) is 9.07. The monoisotopic (exact) mass is 236 g/mol. The van der Waals surface area contributed by atoms with Crippen molar-refractivity contribution in [2.75, 3.05) is 0 Å². The highest BCUT2D eigenvalue weighted by Gasteiger charge is 2.00. The summed E-state index contributed by atoms with van der Waals surface area (Å²) in [6.07, 6.45) is 1.43. The zero-order chi connectivity index (χ0) is 6.85. The van der Waals surface area contributed by atoms with E-state index in [-0.39, 0.29) is 5.75 Å². The summed E-state index contributed by atoms with van der Waals surface area (Å²) in [5.41, 5.74) is 0.620. The number of aromatic hydroxyl groups is 1. The fourth-order valence-electron chi connectivity index (χ4n) is 0.438. The van der Waals surface area contributed by atoms with Crippen molar-refractivity contribution < 1.29 is 5.11 Å². The number of aromatic nitrogens is 2. The Morgan fingerprint density at radius 1 is 1.56 bits per heavy atom. The van der Waals surface area contributed by atoms with Gasteiger partial charge in [-0.05, 0) is 29.5 Å². The number of halogens is 1. The third kappa shape index (κ3) is 1.29. The Balaban J connectivity index is 3.25. The van der Waals surface area contributed by atoms with Gasteiger partial charge in [0, 0.05) is 0 Å². The zero-order valence-electron chi connectivity index (χ0n) is 4.80. The maximum absolute atomic E-state index is 9.07. The van der Waals surface area contributed by atoms with Crippen molar-refractivity contribution in [2.24, 2.45) is 0 Å². The molecule has 0 fully saturated rings. The van der Waals surface area contributed by atoms with E-state index in [1.165, 1.54) is 6.33 Å². The predicted molar refractivity (Wildman–Crippen MR) is 41.2 cm³/mol. The van der Waals surface area contributed by atoms with Gasteiger partial charge in [-0.25, -0.2) is 9.97 Å². The van der Waals surface area contributed by atoms with Gasteiger partial charge in [-0.2, -0.15) is 0 Å². The van der Waals surface area contributed by atoms with E-state index in [0.717, 1.165) is 0 Å². The standard InChI is InChI=1S/C5H5IN2O/c1-3-4(9)5(6)8-2-7-3/h2,9H,1H3. The first-order chi connectivity index (χ1) is 4.22. The van der Waals surface area contributed by atoms with Crippen LogP contribution in [0.3, 0.4) is 0 Å². The number of aryl methyl sites for hydroxylation is 1. The summed E-state index contributed by atoms with van der Waals surface area (Å²) >= 11 is 1.95. The molecule has 0 spiro atoms. The summed E-state index contributed by atoms with van der Waals surface area (Å²) in [4.78, 5) is 7.54. The van der Waals surface area contributed by atoms with Crippen LogP contribution >= 0.6 is 22.6 Å². The molecule has 0 amide bonds. The van der Waals surface area contributed by atoms with Crippen LogP contribution in [0.4, 0.5) is 0 Å². The Hall–Kier alpha value is -0.390. The van der Waals surface area contributed by atoms with E-state index in [1.54, 1.807) is 6.92 Å². The molecule has 0 unspecified atom stereocenters. The van der Waals surface area contributed by atoms with Gasteiger partial charge >= 0.3 is 0 Å². The van der Waals surface area contributed by atoms with E-state index >= 15 is 0 Å². The highest BCUT2D eigenvalue weighted by Crippen LogP contribution is 2.17. The van der Waals surface area contributed by atoms with Gasteiger partial charge in [0.05, 0.1) is 5.69 Å². The lowest BCUT2D eigenvalue weighted by Gasteiger charge is -1.95. The maximum atomic E-state index is 9.07. The largest absolute Gasteiger partial charge is 0.504 e. The molecule has 0 aliphatic rings. The van der Waals surface area contributed by atoms with Gasteiger partial charge in [0.2, 0.25) is 0 Å². The van der Waals surface area contributed by atoms with Gasteiger partial charge in [-0.1, -0.05) is 0 Å². The van der Waals surface area contributed by atoms with Crippen molar-refractivity contribution in [1.82, 2.24) is 9.97 Å². The van der Waals surface area contributed by atoms with Crippen molar-refractivity contribution in [2.45, 2.75) is 6.92 Å². The molecule has 0 radical (unpaired) electrons. The van der Waals surface area contributed by atoms with E-state index < -0.39 is 0 Å². The third-order valence-corrected chi connectivity index (χ3v) is 1.75. The average molecular weight is 236 g/mol. The molecular formula is C5H5IN2O. The average Bonchev–Trinajstić information content (AvgIpc) is 1.83. The Bertz CT molecular complexity index is 206. The van der Waals surface area contributed by atoms with Gasteiger partial charge in [0.15, 0.2) is 5.75 Å². The topological polar surface area (TPSA) is 46.0 Å². The number of nitrogens with zero attached hydrogens (tertiary/aromatic N) is 2. The van der Waals surface area contributed by atoms with Gasteiger partial charge in [-0.3, -0.25) is 0 Å². The smallest absolute Gasteiger partial charge is 0.169 e. The highest BCUT2D eigenvalue weighted by molar-refractivity contribution is 14.1. The van der Waals surface area contributed by atoms with Gasteiger partial charge < -0.3 is 5.11 Å². The second-order valence-corrected chi connectivity index (χ2v) is 2.62. The normalized spacial score (nSPS) is 9.56. The summed E-state index contributed by atoms with van der Waals surface area (Å²) in [6, 6.07) is 0. The second-order valence-electron chi connectivity index (χ2n) is 1.60. The zero-order valence-corrected chi connectivity index (χ0v) is 6.95. The molecule has 4 heteroatoms. The molecule has 0 bridgehead atoms. The predicted octanol–water partition coefficient (Wildman–Crippen LogP) is 1.10. The molecule has 0 atom stereocenters.